The van der Waals surface area contributed by atoms with Crippen molar-refractivity contribution in [2.75, 3.05) is 13.1 Å². The van der Waals surface area contributed by atoms with Gasteiger partial charge < -0.3 is 16.4 Å². The Hall–Kier alpha value is -1.10. The van der Waals surface area contributed by atoms with Gasteiger partial charge in [0.25, 0.3) is 0 Å². The molecule has 5 nitrogen and oxygen atoms in total. The zero-order chi connectivity index (χ0) is 13.9. The smallest absolute Gasteiger partial charge is 0.239 e. The van der Waals surface area contributed by atoms with Gasteiger partial charge in [0.1, 0.15) is 0 Å². The number of carbonyl (C=O) groups excluding carboxylic acids is 2. The van der Waals surface area contributed by atoms with Gasteiger partial charge >= 0.3 is 0 Å². The summed E-state index contributed by atoms with van der Waals surface area (Å²) >= 11 is 0. The predicted octanol–water partition coefficient (Wildman–Crippen LogP) is 0.536. The lowest BCUT2D eigenvalue weighted by molar-refractivity contribution is -0.134. The summed E-state index contributed by atoms with van der Waals surface area (Å²) in [4.78, 5) is 23.9. The van der Waals surface area contributed by atoms with Crippen LogP contribution in [0, 0.1) is 11.3 Å². The van der Waals surface area contributed by atoms with E-state index >= 15 is 0 Å². The highest BCUT2D eigenvalue weighted by atomic mass is 16.2. The number of hydrogen-bond donors (Lipinski definition) is 3. The number of hydrogen-bond acceptors (Lipinski definition) is 3. The van der Waals surface area contributed by atoms with E-state index in [-0.39, 0.29) is 18.4 Å². The number of nitrogens with two attached hydrogens (primary N) is 1. The average Bonchev–Trinajstić information content (AvgIpc) is 3.21. The van der Waals surface area contributed by atoms with Gasteiger partial charge in [-0.2, -0.15) is 0 Å². The van der Waals surface area contributed by atoms with Gasteiger partial charge in [0.2, 0.25) is 11.8 Å². The van der Waals surface area contributed by atoms with Crippen LogP contribution in [0.4, 0.5) is 0 Å². The zero-order valence-electron chi connectivity index (χ0n) is 11.7. The number of carbonyl (C=O) groups is 2. The molecule has 2 amide bonds. The molecule has 0 aromatic heterocycles. The van der Waals surface area contributed by atoms with Crippen LogP contribution < -0.4 is 16.4 Å². The third-order valence-electron chi connectivity index (χ3n) is 4.46. The van der Waals surface area contributed by atoms with Crippen LogP contribution in [0.5, 0.6) is 0 Å². The minimum absolute atomic E-state index is 0.0483. The van der Waals surface area contributed by atoms with Gasteiger partial charge in [-0.05, 0) is 44.4 Å². The summed E-state index contributed by atoms with van der Waals surface area (Å²) in [5, 5.41) is 5.63. The first-order valence-electron chi connectivity index (χ1n) is 7.33. The monoisotopic (exact) mass is 267 g/mol. The molecule has 108 valence electrons. The van der Waals surface area contributed by atoms with Crippen LogP contribution in [-0.4, -0.2) is 30.9 Å². The van der Waals surface area contributed by atoms with Crippen molar-refractivity contribution >= 4 is 11.8 Å². The van der Waals surface area contributed by atoms with Gasteiger partial charge in [-0.15, -0.1) is 0 Å². The summed E-state index contributed by atoms with van der Waals surface area (Å²) in [6, 6.07) is 0.336. The topological polar surface area (TPSA) is 84.2 Å². The largest absolute Gasteiger partial charge is 0.352 e. The molecule has 2 aliphatic rings. The number of nitrogens with one attached hydrogen (secondary N) is 2. The SMILES string of the molecule is CC1CCC(CN)(C(=O)NCC(=O)NC2CC2)CC1. The van der Waals surface area contributed by atoms with E-state index in [4.69, 9.17) is 5.73 Å². The summed E-state index contributed by atoms with van der Waals surface area (Å²) in [7, 11) is 0. The first-order chi connectivity index (χ1) is 9.05. The molecule has 0 spiro atoms. The van der Waals surface area contributed by atoms with Gasteiger partial charge in [0.15, 0.2) is 0 Å². The fourth-order valence-electron chi connectivity index (χ4n) is 2.69. The Morgan fingerprint density at radius 3 is 2.37 bits per heavy atom. The Labute approximate surface area is 114 Å². The molecule has 2 fully saturated rings. The van der Waals surface area contributed by atoms with E-state index in [9.17, 15) is 9.59 Å². The minimum atomic E-state index is -0.452. The van der Waals surface area contributed by atoms with Crippen molar-refractivity contribution in [1.29, 1.82) is 0 Å². The second kappa shape index (κ2) is 5.90. The molecule has 0 aromatic rings. The van der Waals surface area contributed by atoms with E-state index in [1.165, 1.54) is 0 Å². The molecule has 2 aliphatic carbocycles. The predicted molar refractivity (Wildman–Crippen MR) is 73.3 cm³/mol. The van der Waals surface area contributed by atoms with E-state index in [1.807, 2.05) is 0 Å². The van der Waals surface area contributed by atoms with Crippen molar-refractivity contribution in [1.82, 2.24) is 10.6 Å². The second-order valence-corrected chi connectivity index (χ2v) is 6.19. The minimum Gasteiger partial charge on any atom is -0.352 e. The van der Waals surface area contributed by atoms with E-state index in [2.05, 4.69) is 17.6 Å². The van der Waals surface area contributed by atoms with Crippen LogP contribution in [0.3, 0.4) is 0 Å². The van der Waals surface area contributed by atoms with Crippen LogP contribution in [0.1, 0.15) is 45.4 Å². The lowest BCUT2D eigenvalue weighted by Gasteiger charge is -2.37. The van der Waals surface area contributed by atoms with Crippen LogP contribution in [0.2, 0.25) is 0 Å². The van der Waals surface area contributed by atoms with Crippen LogP contribution in [-0.2, 0) is 9.59 Å². The third kappa shape index (κ3) is 3.69. The quantitative estimate of drug-likeness (QED) is 0.679. The fraction of sp³-hybridized carbons (Fsp3) is 0.857. The summed E-state index contributed by atoms with van der Waals surface area (Å²) < 4.78 is 0. The van der Waals surface area contributed by atoms with Crippen molar-refractivity contribution < 1.29 is 9.59 Å². The van der Waals surface area contributed by atoms with Crippen molar-refractivity contribution in [2.45, 2.75) is 51.5 Å². The standard InChI is InChI=1S/C14H25N3O2/c1-10-4-6-14(9-15,7-5-10)13(19)16-8-12(18)17-11-2-3-11/h10-11H,2-9,15H2,1H3,(H,16,19)(H,17,18). The molecule has 0 aromatic carbocycles. The molecule has 5 heteroatoms. The lowest BCUT2D eigenvalue weighted by Crippen LogP contribution is -2.50. The molecular formula is C14H25N3O2. The Bertz CT molecular complexity index is 345. The average molecular weight is 267 g/mol. The van der Waals surface area contributed by atoms with Gasteiger partial charge in [0, 0.05) is 12.6 Å². The Morgan fingerprint density at radius 1 is 1.21 bits per heavy atom. The molecule has 19 heavy (non-hydrogen) atoms. The first kappa shape index (κ1) is 14.3. The molecular weight excluding hydrogens is 242 g/mol. The van der Waals surface area contributed by atoms with E-state index in [1.54, 1.807) is 0 Å². The molecule has 0 radical (unpaired) electrons. The highest BCUT2D eigenvalue weighted by Gasteiger charge is 2.39. The number of rotatable bonds is 5. The molecule has 0 saturated heterocycles. The molecule has 0 bridgehead atoms. The maximum absolute atomic E-state index is 12.3. The highest BCUT2D eigenvalue weighted by Crippen LogP contribution is 2.38. The molecule has 2 rings (SSSR count). The Balaban J connectivity index is 1.80. The van der Waals surface area contributed by atoms with E-state index in [0.717, 1.165) is 38.5 Å². The molecule has 0 heterocycles. The second-order valence-electron chi connectivity index (χ2n) is 6.19. The normalized spacial score (nSPS) is 30.7. The summed E-state index contributed by atoms with van der Waals surface area (Å²) in [5.74, 6) is 0.533. The molecule has 0 atom stereocenters. The van der Waals surface area contributed by atoms with Gasteiger partial charge in [0.05, 0.1) is 12.0 Å². The Morgan fingerprint density at radius 2 is 1.84 bits per heavy atom. The Kier molecular flexibility index (Phi) is 4.45. The van der Waals surface area contributed by atoms with Crippen LogP contribution >= 0.6 is 0 Å². The van der Waals surface area contributed by atoms with Gasteiger partial charge in [-0.1, -0.05) is 6.92 Å². The first-order valence-corrected chi connectivity index (χ1v) is 7.33. The lowest BCUT2D eigenvalue weighted by atomic mass is 9.70. The van der Waals surface area contributed by atoms with Crippen LogP contribution in [0.25, 0.3) is 0 Å². The summed E-state index contributed by atoms with van der Waals surface area (Å²) in [6.07, 6.45) is 5.87. The van der Waals surface area contributed by atoms with Crippen molar-refractivity contribution in [3.05, 3.63) is 0 Å². The maximum atomic E-state index is 12.3. The summed E-state index contributed by atoms with van der Waals surface area (Å²) in [5.41, 5.74) is 5.37. The van der Waals surface area contributed by atoms with Gasteiger partial charge in [-0.3, -0.25) is 9.59 Å². The van der Waals surface area contributed by atoms with Crippen molar-refractivity contribution in [2.24, 2.45) is 17.1 Å². The van der Waals surface area contributed by atoms with Gasteiger partial charge in [-0.25, -0.2) is 0 Å². The van der Waals surface area contributed by atoms with Crippen LogP contribution in [0.15, 0.2) is 0 Å². The molecule has 2 saturated carbocycles. The third-order valence-corrected chi connectivity index (χ3v) is 4.46. The number of amides is 2. The van der Waals surface area contributed by atoms with E-state index < -0.39 is 5.41 Å². The zero-order valence-corrected chi connectivity index (χ0v) is 11.7. The molecule has 0 aliphatic heterocycles. The molecule has 0 unspecified atom stereocenters. The maximum Gasteiger partial charge on any atom is 0.239 e. The van der Waals surface area contributed by atoms with E-state index in [0.29, 0.717) is 18.5 Å². The highest BCUT2D eigenvalue weighted by molar-refractivity contribution is 5.88. The summed E-state index contributed by atoms with van der Waals surface area (Å²) in [6.45, 7) is 2.66. The van der Waals surface area contributed by atoms with Crippen molar-refractivity contribution in [3.63, 3.8) is 0 Å². The van der Waals surface area contributed by atoms with Crippen molar-refractivity contribution in [3.8, 4) is 0 Å². The fourth-order valence-corrected chi connectivity index (χ4v) is 2.69. The molecule has 4 N–H and O–H groups in total.